The molecule has 0 aliphatic heterocycles. The topological polar surface area (TPSA) is 83.7 Å². The van der Waals surface area contributed by atoms with Crippen molar-refractivity contribution in [2.75, 3.05) is 6.26 Å². The van der Waals surface area contributed by atoms with E-state index in [4.69, 9.17) is 10.6 Å². The first-order valence-electron chi connectivity index (χ1n) is 10.2. The number of carbonyl (C=O) groups is 1. The van der Waals surface area contributed by atoms with Crippen molar-refractivity contribution < 1.29 is 4.79 Å². The summed E-state index contributed by atoms with van der Waals surface area (Å²) in [4.78, 5) is 16.0. The van der Waals surface area contributed by atoms with Crippen LogP contribution in [0.15, 0.2) is 58.5 Å². The molecule has 2 fully saturated rings. The Morgan fingerprint density at radius 2 is 1.83 bits per heavy atom. The van der Waals surface area contributed by atoms with Crippen molar-refractivity contribution >= 4 is 17.7 Å². The zero-order valence-corrected chi connectivity index (χ0v) is 17.5. The lowest BCUT2D eigenvalue weighted by molar-refractivity contribution is 0.100. The fourth-order valence-corrected chi connectivity index (χ4v) is 4.27. The largest absolute Gasteiger partial charge is 0.287 e. The minimum absolute atomic E-state index is 0.418. The molecule has 6 nitrogen and oxygen atoms in total. The van der Waals surface area contributed by atoms with Crippen LogP contribution in [0, 0.1) is 0 Å². The summed E-state index contributed by atoms with van der Waals surface area (Å²) in [6.45, 7) is 0. The summed E-state index contributed by atoms with van der Waals surface area (Å²) in [6, 6.07) is 16.1. The molecule has 150 valence electrons. The number of carbonyl (C=O) groups excluding carboxylic acids is 1. The van der Waals surface area contributed by atoms with Crippen LogP contribution in [0.2, 0.25) is 0 Å². The first-order chi connectivity index (χ1) is 14.7. The Morgan fingerprint density at radius 1 is 1.10 bits per heavy atom. The van der Waals surface area contributed by atoms with E-state index < -0.39 is 5.91 Å². The van der Waals surface area contributed by atoms with E-state index in [-0.39, 0.29) is 0 Å². The predicted octanol–water partition coefficient (Wildman–Crippen LogP) is 6.47. The third kappa shape index (κ3) is 3.62. The molecular formula is C23H21N5OS. The Balaban J connectivity index is 1.52. The monoisotopic (exact) mass is 415 g/mol. The van der Waals surface area contributed by atoms with Gasteiger partial charge in [0.05, 0.1) is 11.4 Å². The van der Waals surface area contributed by atoms with Crippen LogP contribution in [0.1, 0.15) is 59.3 Å². The first-order valence-corrected chi connectivity index (χ1v) is 11.4. The molecule has 0 unspecified atom stereocenters. The number of amides is 1. The number of hydrogen-bond acceptors (Lipinski definition) is 3. The van der Waals surface area contributed by atoms with Gasteiger partial charge in [0, 0.05) is 32.9 Å². The highest BCUT2D eigenvalue weighted by atomic mass is 32.2. The van der Waals surface area contributed by atoms with Gasteiger partial charge in [0.25, 0.3) is 0 Å². The predicted molar refractivity (Wildman–Crippen MR) is 118 cm³/mol. The highest BCUT2D eigenvalue weighted by Gasteiger charge is 2.32. The van der Waals surface area contributed by atoms with E-state index in [1.807, 2.05) is 30.5 Å². The van der Waals surface area contributed by atoms with Crippen LogP contribution in [-0.4, -0.2) is 21.9 Å². The Morgan fingerprint density at radius 3 is 2.47 bits per heavy atom. The van der Waals surface area contributed by atoms with Gasteiger partial charge in [-0.2, -0.15) is 5.10 Å². The zero-order chi connectivity index (χ0) is 20.7. The van der Waals surface area contributed by atoms with Crippen molar-refractivity contribution in [2.24, 2.45) is 5.11 Å². The van der Waals surface area contributed by atoms with Crippen molar-refractivity contribution in [1.82, 2.24) is 9.78 Å². The Hall–Kier alpha value is -3.02. The molecule has 7 heteroatoms. The maximum atomic E-state index is 12.4. The molecule has 2 aliphatic rings. The normalized spacial score (nSPS) is 15.6. The molecule has 0 N–H and O–H groups in total. The average Bonchev–Trinajstić information content (AvgIpc) is 3.72. The van der Waals surface area contributed by atoms with Gasteiger partial charge >= 0.3 is 0 Å². The van der Waals surface area contributed by atoms with Crippen LogP contribution in [-0.2, 0) is 0 Å². The first kappa shape index (κ1) is 19.0. The number of nitrogens with zero attached hydrogens (tertiary/aromatic N) is 5. The Bertz CT molecular complexity index is 1170. The highest BCUT2D eigenvalue weighted by molar-refractivity contribution is 7.98. The minimum Gasteiger partial charge on any atom is -0.287 e. The molecule has 0 saturated heterocycles. The van der Waals surface area contributed by atoms with Gasteiger partial charge in [-0.25, -0.2) is 4.68 Å². The van der Waals surface area contributed by atoms with E-state index >= 15 is 0 Å². The lowest BCUT2D eigenvalue weighted by Crippen LogP contribution is -2.02. The van der Waals surface area contributed by atoms with E-state index in [9.17, 15) is 4.79 Å². The Labute approximate surface area is 178 Å². The van der Waals surface area contributed by atoms with Crippen molar-refractivity contribution in [1.29, 1.82) is 0 Å². The van der Waals surface area contributed by atoms with Crippen molar-refractivity contribution in [3.63, 3.8) is 0 Å². The van der Waals surface area contributed by atoms with Crippen LogP contribution < -0.4 is 0 Å². The van der Waals surface area contributed by atoms with Crippen LogP contribution in [0.5, 0.6) is 0 Å². The third-order valence-electron chi connectivity index (χ3n) is 5.76. The van der Waals surface area contributed by atoms with Crippen LogP contribution in [0.25, 0.3) is 27.3 Å². The maximum absolute atomic E-state index is 12.4. The van der Waals surface area contributed by atoms with E-state index in [1.54, 1.807) is 17.8 Å². The molecule has 0 atom stereocenters. The fraction of sp³-hybridized carbons (Fsp3) is 0.304. The van der Waals surface area contributed by atoms with Crippen molar-refractivity contribution in [3.8, 4) is 16.8 Å². The fourth-order valence-electron chi connectivity index (χ4n) is 3.83. The Kier molecular flexibility index (Phi) is 4.85. The lowest BCUT2D eigenvalue weighted by Gasteiger charge is -2.11. The molecule has 0 radical (unpaired) electrons. The molecule has 1 aromatic heterocycles. The molecule has 2 aliphatic carbocycles. The molecule has 2 aromatic carbocycles. The quantitative estimate of drug-likeness (QED) is 0.200. The van der Waals surface area contributed by atoms with E-state index in [1.165, 1.54) is 37.1 Å². The summed E-state index contributed by atoms with van der Waals surface area (Å²) in [7, 11) is 0. The van der Waals surface area contributed by atoms with Crippen molar-refractivity contribution in [3.05, 3.63) is 75.9 Å². The zero-order valence-electron chi connectivity index (χ0n) is 16.7. The number of thioether (sulfide) groups is 1. The molecule has 2 saturated carbocycles. The second kappa shape index (κ2) is 7.67. The smallest absolute Gasteiger partial charge is 0.249 e. The van der Waals surface area contributed by atoms with Gasteiger partial charge in [-0.15, -0.1) is 11.8 Å². The van der Waals surface area contributed by atoms with Crippen LogP contribution in [0.4, 0.5) is 0 Å². The third-order valence-corrected chi connectivity index (χ3v) is 6.49. The molecule has 1 amide bonds. The van der Waals surface area contributed by atoms with Crippen LogP contribution >= 0.6 is 11.8 Å². The molecule has 5 rings (SSSR count). The second-order valence-electron chi connectivity index (χ2n) is 7.91. The molecule has 3 aromatic rings. The molecule has 0 spiro atoms. The summed E-state index contributed by atoms with van der Waals surface area (Å²) in [5.41, 5.74) is 14.3. The number of aromatic nitrogens is 2. The number of hydrogen-bond donors (Lipinski definition) is 0. The van der Waals surface area contributed by atoms with Gasteiger partial charge in [0.2, 0.25) is 5.91 Å². The van der Waals surface area contributed by atoms with Gasteiger partial charge < -0.3 is 0 Å². The highest BCUT2D eigenvalue weighted by Crippen LogP contribution is 2.45. The molecule has 30 heavy (non-hydrogen) atoms. The minimum atomic E-state index is -0.565. The summed E-state index contributed by atoms with van der Waals surface area (Å²) in [6.07, 6.45) is 6.91. The van der Waals surface area contributed by atoms with Crippen molar-refractivity contribution in [2.45, 2.75) is 42.4 Å². The van der Waals surface area contributed by atoms with E-state index in [2.05, 4.69) is 32.9 Å². The molecule has 0 bridgehead atoms. The number of azide groups is 1. The lowest BCUT2D eigenvalue weighted by atomic mass is 9.99. The maximum Gasteiger partial charge on any atom is 0.249 e. The standard InChI is InChI=1S/C23H21N5OS/c1-30-18-10-11-19(20(12-18)23(29)25-27-24)14-6-8-17(9-7-14)28-22(16-4-5-16)13-21(26-28)15-2-3-15/h6-13,15-16H,2-5H2,1H3. The van der Waals surface area contributed by atoms with Gasteiger partial charge in [0.15, 0.2) is 0 Å². The molecule has 1 heterocycles. The van der Waals surface area contributed by atoms with Gasteiger partial charge in [-0.3, -0.25) is 4.79 Å². The van der Waals surface area contributed by atoms with Gasteiger partial charge in [-0.05, 0) is 84.0 Å². The SMILES string of the molecule is CSc1ccc(-c2ccc(-n3nc(C4CC4)cc3C3CC3)cc2)c(C(=O)N=[N+]=[N-])c1. The van der Waals surface area contributed by atoms with Gasteiger partial charge in [-0.1, -0.05) is 18.2 Å². The van der Waals surface area contributed by atoms with Gasteiger partial charge in [0.1, 0.15) is 0 Å². The summed E-state index contributed by atoms with van der Waals surface area (Å²) in [5, 5.41) is 8.21. The number of benzene rings is 2. The van der Waals surface area contributed by atoms with E-state index in [0.717, 1.165) is 21.7 Å². The van der Waals surface area contributed by atoms with Crippen LogP contribution in [0.3, 0.4) is 0 Å². The summed E-state index contributed by atoms with van der Waals surface area (Å²) < 4.78 is 2.10. The number of rotatable bonds is 6. The molecular weight excluding hydrogens is 394 g/mol. The van der Waals surface area contributed by atoms with E-state index in [0.29, 0.717) is 17.4 Å². The second-order valence-corrected chi connectivity index (χ2v) is 8.79. The average molecular weight is 416 g/mol. The summed E-state index contributed by atoms with van der Waals surface area (Å²) >= 11 is 1.54. The summed E-state index contributed by atoms with van der Waals surface area (Å²) in [5.74, 6) is 0.689.